The summed E-state index contributed by atoms with van der Waals surface area (Å²) in [6.07, 6.45) is -0.0213. The van der Waals surface area contributed by atoms with Gasteiger partial charge in [-0.25, -0.2) is 9.78 Å². The highest BCUT2D eigenvalue weighted by atomic mass is 16.7. The normalized spacial score (nSPS) is 14.3. The van der Waals surface area contributed by atoms with E-state index in [2.05, 4.69) is 16.4 Å². The summed E-state index contributed by atoms with van der Waals surface area (Å²) in [4.78, 5) is 36.9. The van der Waals surface area contributed by atoms with Crippen molar-refractivity contribution in [1.29, 1.82) is 5.26 Å². The molecule has 1 atom stereocenters. The van der Waals surface area contributed by atoms with Crippen LogP contribution < -0.4 is 15.7 Å². The molecule has 2 heterocycles. The van der Waals surface area contributed by atoms with Gasteiger partial charge in [0.25, 0.3) is 5.56 Å². The number of hydrogen-bond acceptors (Lipinski definition) is 7. The van der Waals surface area contributed by atoms with Crippen LogP contribution in [0.5, 0.6) is 0 Å². The molecule has 2 aromatic rings. The van der Waals surface area contributed by atoms with E-state index >= 15 is 0 Å². The van der Waals surface area contributed by atoms with Crippen molar-refractivity contribution < 1.29 is 14.4 Å². The second kappa shape index (κ2) is 8.68. The van der Waals surface area contributed by atoms with Crippen molar-refractivity contribution in [2.75, 3.05) is 19.0 Å². The molecule has 0 bridgehead atoms. The van der Waals surface area contributed by atoms with Gasteiger partial charge < -0.3 is 19.8 Å². The number of hydrogen-bond donors (Lipinski definition) is 1. The topological polar surface area (TPSA) is 109 Å². The number of nitrogens with zero attached hydrogens (tertiary/aromatic N) is 4. The van der Waals surface area contributed by atoms with E-state index in [0.29, 0.717) is 29.8 Å². The number of nitrogens with one attached hydrogen (secondary N) is 1. The van der Waals surface area contributed by atoms with Crippen LogP contribution in [0.25, 0.3) is 0 Å². The summed E-state index contributed by atoms with van der Waals surface area (Å²) in [5.41, 5.74) is 1.58. The van der Waals surface area contributed by atoms with Crippen LogP contribution in [0.4, 0.5) is 10.7 Å². The van der Waals surface area contributed by atoms with Gasteiger partial charge in [-0.1, -0.05) is 12.1 Å². The van der Waals surface area contributed by atoms with Crippen molar-refractivity contribution in [1.82, 2.24) is 14.6 Å². The van der Waals surface area contributed by atoms with E-state index in [9.17, 15) is 9.59 Å². The van der Waals surface area contributed by atoms with E-state index in [1.807, 2.05) is 19.1 Å². The number of rotatable bonds is 4. The SMILES string of the molecule is COn1c(NC(C)c2ccc(C#N)cc2)nc2c(c1=O)CN(C(=O)OC(C)(C)C)CC2. The quantitative estimate of drug-likeness (QED) is 0.802. The zero-order valence-corrected chi connectivity index (χ0v) is 18.4. The maximum atomic E-state index is 13.1. The van der Waals surface area contributed by atoms with E-state index < -0.39 is 11.7 Å². The van der Waals surface area contributed by atoms with Gasteiger partial charge in [-0.3, -0.25) is 4.79 Å². The Balaban J connectivity index is 1.85. The summed E-state index contributed by atoms with van der Waals surface area (Å²) in [6.45, 7) is 7.86. The molecule has 3 rings (SSSR count). The first-order valence-corrected chi connectivity index (χ1v) is 10.1. The number of anilines is 1. The fourth-order valence-electron chi connectivity index (χ4n) is 3.33. The third-order valence-corrected chi connectivity index (χ3v) is 4.91. The highest BCUT2D eigenvalue weighted by molar-refractivity contribution is 5.68. The van der Waals surface area contributed by atoms with Gasteiger partial charge in [0.05, 0.1) is 35.5 Å². The molecule has 1 aliphatic rings. The molecule has 0 spiro atoms. The van der Waals surface area contributed by atoms with Crippen LogP contribution in [0.3, 0.4) is 0 Å². The predicted octanol–water partition coefficient (Wildman–Crippen LogP) is 2.64. The summed E-state index contributed by atoms with van der Waals surface area (Å²) in [6, 6.07) is 9.09. The van der Waals surface area contributed by atoms with Crippen LogP contribution in [-0.2, 0) is 17.7 Å². The van der Waals surface area contributed by atoms with Gasteiger partial charge in [0.2, 0.25) is 5.95 Å². The van der Waals surface area contributed by atoms with Crippen molar-refractivity contribution in [2.24, 2.45) is 0 Å². The highest BCUT2D eigenvalue weighted by Gasteiger charge is 2.29. The number of nitriles is 1. The molecule has 31 heavy (non-hydrogen) atoms. The third-order valence-electron chi connectivity index (χ3n) is 4.91. The van der Waals surface area contributed by atoms with Crippen molar-refractivity contribution >= 4 is 12.0 Å². The zero-order valence-electron chi connectivity index (χ0n) is 18.4. The van der Waals surface area contributed by atoms with Gasteiger partial charge in [0.1, 0.15) is 12.7 Å². The largest absolute Gasteiger partial charge is 0.444 e. The Morgan fingerprint density at radius 3 is 2.55 bits per heavy atom. The van der Waals surface area contributed by atoms with Crippen LogP contribution in [0.1, 0.15) is 56.1 Å². The Kier molecular flexibility index (Phi) is 6.20. The average molecular weight is 425 g/mol. The summed E-state index contributed by atoms with van der Waals surface area (Å²) in [7, 11) is 1.39. The van der Waals surface area contributed by atoms with E-state index in [1.54, 1.807) is 32.9 Å². The van der Waals surface area contributed by atoms with Gasteiger partial charge in [-0.2, -0.15) is 5.26 Å². The van der Waals surface area contributed by atoms with Gasteiger partial charge >= 0.3 is 6.09 Å². The van der Waals surface area contributed by atoms with Gasteiger partial charge in [0.15, 0.2) is 0 Å². The molecule has 1 unspecified atom stereocenters. The highest BCUT2D eigenvalue weighted by Crippen LogP contribution is 2.22. The molecule has 1 aliphatic heterocycles. The summed E-state index contributed by atoms with van der Waals surface area (Å²) < 4.78 is 6.52. The van der Waals surface area contributed by atoms with E-state index in [4.69, 9.17) is 14.8 Å². The van der Waals surface area contributed by atoms with Crippen LogP contribution in [0, 0.1) is 11.3 Å². The van der Waals surface area contributed by atoms with Crippen molar-refractivity contribution in [2.45, 2.75) is 52.3 Å². The molecule has 1 N–H and O–H groups in total. The Morgan fingerprint density at radius 2 is 1.97 bits per heavy atom. The molecule has 1 amide bonds. The first kappa shape index (κ1) is 22.2. The first-order valence-electron chi connectivity index (χ1n) is 10.1. The molecule has 164 valence electrons. The maximum absolute atomic E-state index is 13.1. The molecule has 0 fully saturated rings. The molecular formula is C22H27N5O4. The number of ether oxygens (including phenoxy) is 1. The number of benzene rings is 1. The van der Waals surface area contributed by atoms with Crippen LogP contribution >= 0.6 is 0 Å². The lowest BCUT2D eigenvalue weighted by Gasteiger charge is -2.31. The van der Waals surface area contributed by atoms with E-state index in [-0.39, 0.29) is 24.1 Å². The molecule has 0 radical (unpaired) electrons. The first-order chi connectivity index (χ1) is 14.6. The monoisotopic (exact) mass is 425 g/mol. The lowest BCUT2D eigenvalue weighted by Crippen LogP contribution is -2.44. The van der Waals surface area contributed by atoms with Gasteiger partial charge in [-0.05, 0) is 45.4 Å². The van der Waals surface area contributed by atoms with Gasteiger partial charge in [-0.15, -0.1) is 4.73 Å². The third kappa shape index (κ3) is 4.97. The predicted molar refractivity (Wildman–Crippen MR) is 115 cm³/mol. The minimum Gasteiger partial charge on any atom is -0.444 e. The number of fused-ring (bicyclic) bond motifs is 1. The Hall–Kier alpha value is -3.54. The summed E-state index contributed by atoms with van der Waals surface area (Å²) in [5, 5.41) is 12.2. The lowest BCUT2D eigenvalue weighted by molar-refractivity contribution is 0.0219. The van der Waals surface area contributed by atoms with E-state index in [1.165, 1.54) is 12.0 Å². The minimum atomic E-state index is -0.613. The van der Waals surface area contributed by atoms with Crippen LogP contribution in [-0.4, -0.2) is 40.0 Å². The summed E-state index contributed by atoms with van der Waals surface area (Å²) >= 11 is 0. The summed E-state index contributed by atoms with van der Waals surface area (Å²) in [5.74, 6) is 0.286. The fourth-order valence-corrected chi connectivity index (χ4v) is 3.33. The molecular weight excluding hydrogens is 398 g/mol. The maximum Gasteiger partial charge on any atom is 0.410 e. The number of carbonyl (C=O) groups is 1. The number of carbonyl (C=O) groups excluding carboxylic acids is 1. The second-order valence-electron chi connectivity index (χ2n) is 8.39. The lowest BCUT2D eigenvalue weighted by atomic mass is 10.1. The Morgan fingerprint density at radius 1 is 1.29 bits per heavy atom. The van der Waals surface area contributed by atoms with Crippen LogP contribution in [0.2, 0.25) is 0 Å². The molecule has 9 heteroatoms. The van der Waals surface area contributed by atoms with Crippen molar-refractivity contribution in [3.05, 3.63) is 57.0 Å². The second-order valence-corrected chi connectivity index (χ2v) is 8.39. The Labute approximate surface area is 181 Å². The minimum absolute atomic E-state index is 0.116. The fraction of sp³-hybridized carbons (Fsp3) is 0.455. The Bertz CT molecular complexity index is 1060. The standard InChI is InChI=1S/C22H27N5O4/c1-14(16-8-6-15(12-23)7-9-16)24-20-25-18-10-11-26(21(29)31-22(2,3)4)13-17(18)19(28)27(20)30-5/h6-9,14H,10-11,13H2,1-5H3,(H,24,25). The number of aromatic nitrogens is 2. The molecule has 0 saturated carbocycles. The van der Waals surface area contributed by atoms with E-state index in [0.717, 1.165) is 10.3 Å². The number of amides is 1. The smallest absolute Gasteiger partial charge is 0.410 e. The van der Waals surface area contributed by atoms with Crippen molar-refractivity contribution in [3.8, 4) is 6.07 Å². The van der Waals surface area contributed by atoms with Gasteiger partial charge in [0, 0.05) is 13.0 Å². The molecule has 9 nitrogen and oxygen atoms in total. The zero-order chi connectivity index (χ0) is 22.8. The average Bonchev–Trinajstić information content (AvgIpc) is 2.72. The molecule has 0 aliphatic carbocycles. The molecule has 0 saturated heterocycles. The van der Waals surface area contributed by atoms with Crippen LogP contribution in [0.15, 0.2) is 29.1 Å². The molecule has 1 aromatic carbocycles. The van der Waals surface area contributed by atoms with Crippen molar-refractivity contribution in [3.63, 3.8) is 0 Å². The molecule has 1 aromatic heterocycles.